The van der Waals surface area contributed by atoms with Crippen molar-refractivity contribution in [3.63, 3.8) is 0 Å². The predicted octanol–water partition coefficient (Wildman–Crippen LogP) is -0.226. The molecule has 0 radical (unpaired) electrons. The maximum atomic E-state index is 11.6. The van der Waals surface area contributed by atoms with Crippen molar-refractivity contribution in [1.29, 1.82) is 0 Å². The van der Waals surface area contributed by atoms with Crippen molar-refractivity contribution >= 4 is 22.4 Å². The second-order valence-corrected chi connectivity index (χ2v) is 4.57. The minimum absolute atomic E-state index is 0.0243. The third-order valence-corrected chi connectivity index (χ3v) is 3.03. The number of nitrogens with one attached hydrogen (secondary N) is 2. The number of amides is 1. The van der Waals surface area contributed by atoms with Gasteiger partial charge in [-0.2, -0.15) is 0 Å². The van der Waals surface area contributed by atoms with Gasteiger partial charge in [-0.05, 0) is 7.05 Å². The van der Waals surface area contributed by atoms with Gasteiger partial charge >= 0.3 is 0 Å². The summed E-state index contributed by atoms with van der Waals surface area (Å²) in [6.45, 7) is 1.97. The third kappa shape index (κ3) is 4.94. The number of methoxy groups -OCH3 is 1. The van der Waals surface area contributed by atoms with Crippen LogP contribution < -0.4 is 10.6 Å². The third-order valence-electron chi connectivity index (χ3n) is 2.24. The quantitative estimate of drug-likeness (QED) is 0.637. The van der Waals surface area contributed by atoms with E-state index in [9.17, 15) is 4.79 Å². The molecule has 2 N–H and O–H groups in total. The lowest BCUT2D eigenvalue weighted by molar-refractivity contribution is -0.122. The zero-order valence-corrected chi connectivity index (χ0v) is 11.7. The van der Waals surface area contributed by atoms with Crippen molar-refractivity contribution in [3.05, 3.63) is 5.69 Å². The summed E-state index contributed by atoms with van der Waals surface area (Å²) < 4.78 is 8.73. The van der Waals surface area contributed by atoms with E-state index in [0.717, 1.165) is 10.7 Å². The molecule has 7 nitrogen and oxygen atoms in total. The zero-order chi connectivity index (χ0) is 13.4. The van der Waals surface area contributed by atoms with E-state index in [1.54, 1.807) is 7.11 Å². The molecule has 0 aliphatic carbocycles. The molecule has 0 fully saturated rings. The number of carbonyl (C=O) groups excluding carboxylic acids is 1. The average Bonchev–Trinajstić information content (AvgIpc) is 2.76. The number of anilines is 1. The SMILES string of the molecule is CNc1snnc1CN(C)CC(=O)NCCOC. The Labute approximate surface area is 111 Å². The van der Waals surface area contributed by atoms with Crippen molar-refractivity contribution in [2.75, 3.05) is 46.2 Å². The van der Waals surface area contributed by atoms with Gasteiger partial charge in [-0.3, -0.25) is 9.69 Å². The first-order chi connectivity index (χ1) is 8.67. The van der Waals surface area contributed by atoms with Gasteiger partial charge in [0.05, 0.1) is 13.2 Å². The van der Waals surface area contributed by atoms with Crippen LogP contribution in [0.3, 0.4) is 0 Å². The summed E-state index contributed by atoms with van der Waals surface area (Å²) in [6.07, 6.45) is 0. The van der Waals surface area contributed by atoms with Gasteiger partial charge in [-0.15, -0.1) is 5.10 Å². The van der Waals surface area contributed by atoms with Crippen LogP contribution in [0.15, 0.2) is 0 Å². The number of ether oxygens (including phenoxy) is 1. The molecular weight excluding hydrogens is 254 g/mol. The van der Waals surface area contributed by atoms with Crippen LogP contribution in [-0.4, -0.2) is 61.3 Å². The van der Waals surface area contributed by atoms with E-state index < -0.39 is 0 Å². The van der Waals surface area contributed by atoms with Crippen LogP contribution in [0, 0.1) is 0 Å². The molecule has 1 heterocycles. The Morgan fingerprint density at radius 1 is 1.56 bits per heavy atom. The molecular formula is C10H19N5O2S. The normalized spacial score (nSPS) is 10.7. The monoisotopic (exact) mass is 273 g/mol. The number of carbonyl (C=O) groups is 1. The molecule has 0 spiro atoms. The number of hydrogen-bond donors (Lipinski definition) is 2. The van der Waals surface area contributed by atoms with Gasteiger partial charge in [0.15, 0.2) is 0 Å². The Morgan fingerprint density at radius 3 is 3.00 bits per heavy atom. The van der Waals surface area contributed by atoms with E-state index in [-0.39, 0.29) is 5.91 Å². The van der Waals surface area contributed by atoms with E-state index in [2.05, 4.69) is 20.2 Å². The Bertz CT molecular complexity index is 371. The smallest absolute Gasteiger partial charge is 0.234 e. The summed E-state index contributed by atoms with van der Waals surface area (Å²) in [5.74, 6) is -0.0243. The van der Waals surface area contributed by atoms with Gasteiger partial charge in [0.2, 0.25) is 5.91 Å². The number of hydrogen-bond acceptors (Lipinski definition) is 7. The van der Waals surface area contributed by atoms with Crippen molar-refractivity contribution < 1.29 is 9.53 Å². The average molecular weight is 273 g/mol. The van der Waals surface area contributed by atoms with E-state index in [4.69, 9.17) is 4.74 Å². The fourth-order valence-electron chi connectivity index (χ4n) is 1.41. The molecule has 1 rings (SSSR count). The van der Waals surface area contributed by atoms with Gasteiger partial charge in [0.1, 0.15) is 10.7 Å². The molecule has 0 aliphatic heterocycles. The van der Waals surface area contributed by atoms with Crippen molar-refractivity contribution in [2.24, 2.45) is 0 Å². The molecule has 0 aromatic carbocycles. The van der Waals surface area contributed by atoms with Crippen LogP contribution in [0.1, 0.15) is 5.69 Å². The molecule has 0 aliphatic rings. The molecule has 1 aromatic heterocycles. The highest BCUT2D eigenvalue weighted by Gasteiger charge is 2.11. The minimum atomic E-state index is -0.0243. The highest BCUT2D eigenvalue weighted by molar-refractivity contribution is 7.10. The van der Waals surface area contributed by atoms with Crippen LogP contribution in [0.2, 0.25) is 0 Å². The Kier molecular flexibility index (Phi) is 6.55. The number of aromatic nitrogens is 2. The van der Waals surface area contributed by atoms with Gasteiger partial charge < -0.3 is 15.4 Å². The van der Waals surface area contributed by atoms with E-state index in [0.29, 0.717) is 26.2 Å². The summed E-state index contributed by atoms with van der Waals surface area (Å²) in [7, 11) is 5.30. The highest BCUT2D eigenvalue weighted by atomic mass is 32.1. The zero-order valence-electron chi connectivity index (χ0n) is 10.9. The molecule has 8 heteroatoms. The Hall–Kier alpha value is -1.25. The Morgan fingerprint density at radius 2 is 2.33 bits per heavy atom. The molecule has 0 saturated carbocycles. The van der Waals surface area contributed by atoms with E-state index in [1.807, 2.05) is 19.0 Å². The molecule has 0 atom stereocenters. The molecule has 0 bridgehead atoms. The summed E-state index contributed by atoms with van der Waals surface area (Å²) in [5, 5.41) is 10.7. The largest absolute Gasteiger partial charge is 0.383 e. The summed E-state index contributed by atoms with van der Waals surface area (Å²) in [5.41, 5.74) is 0.856. The second-order valence-electron chi connectivity index (χ2n) is 3.81. The fraction of sp³-hybridized carbons (Fsp3) is 0.700. The van der Waals surface area contributed by atoms with Gasteiger partial charge in [0.25, 0.3) is 0 Å². The standard InChI is InChI=1S/C10H19N5O2S/c1-11-10-8(13-14-18-10)6-15(2)7-9(16)12-4-5-17-3/h11H,4-7H2,1-3H3,(H,12,16). The summed E-state index contributed by atoms with van der Waals surface area (Å²) in [4.78, 5) is 13.4. The van der Waals surface area contributed by atoms with Crippen LogP contribution in [-0.2, 0) is 16.1 Å². The van der Waals surface area contributed by atoms with E-state index >= 15 is 0 Å². The van der Waals surface area contributed by atoms with E-state index in [1.165, 1.54) is 11.5 Å². The van der Waals surface area contributed by atoms with Crippen LogP contribution in [0.5, 0.6) is 0 Å². The number of nitrogens with zero attached hydrogens (tertiary/aromatic N) is 3. The summed E-state index contributed by atoms with van der Waals surface area (Å²) in [6, 6.07) is 0. The van der Waals surface area contributed by atoms with Crippen LogP contribution in [0.4, 0.5) is 5.00 Å². The minimum Gasteiger partial charge on any atom is -0.383 e. The number of likely N-dealkylation sites (N-methyl/N-ethyl adjacent to an activating group) is 1. The summed E-state index contributed by atoms with van der Waals surface area (Å²) >= 11 is 1.31. The maximum absolute atomic E-state index is 11.6. The highest BCUT2D eigenvalue weighted by Crippen LogP contribution is 2.17. The van der Waals surface area contributed by atoms with Gasteiger partial charge in [-0.1, -0.05) is 4.49 Å². The maximum Gasteiger partial charge on any atom is 0.234 e. The van der Waals surface area contributed by atoms with Crippen molar-refractivity contribution in [1.82, 2.24) is 19.8 Å². The molecule has 18 heavy (non-hydrogen) atoms. The van der Waals surface area contributed by atoms with Gasteiger partial charge in [-0.25, -0.2) is 0 Å². The van der Waals surface area contributed by atoms with Crippen molar-refractivity contribution in [3.8, 4) is 0 Å². The predicted molar refractivity (Wildman–Crippen MR) is 70.7 cm³/mol. The molecule has 0 saturated heterocycles. The first kappa shape index (κ1) is 14.8. The lowest BCUT2D eigenvalue weighted by Gasteiger charge is -2.15. The van der Waals surface area contributed by atoms with Crippen LogP contribution >= 0.6 is 11.5 Å². The first-order valence-electron chi connectivity index (χ1n) is 5.60. The number of rotatable bonds is 8. The topological polar surface area (TPSA) is 79.4 Å². The lowest BCUT2D eigenvalue weighted by atomic mass is 10.4. The fourth-order valence-corrected chi connectivity index (χ4v) is 1.93. The Balaban J connectivity index is 2.32. The lowest BCUT2D eigenvalue weighted by Crippen LogP contribution is -2.36. The first-order valence-corrected chi connectivity index (χ1v) is 6.38. The molecule has 0 unspecified atom stereocenters. The van der Waals surface area contributed by atoms with Crippen molar-refractivity contribution in [2.45, 2.75) is 6.54 Å². The molecule has 1 aromatic rings. The molecule has 102 valence electrons. The second kappa shape index (κ2) is 7.96. The molecule has 1 amide bonds. The van der Waals surface area contributed by atoms with Gasteiger partial charge in [0, 0.05) is 38.8 Å². The van der Waals surface area contributed by atoms with Crippen LogP contribution in [0.25, 0.3) is 0 Å².